The minimum atomic E-state index is -0.738. The molecule has 0 N–H and O–H groups in total. The summed E-state index contributed by atoms with van der Waals surface area (Å²) >= 11 is 0. The minimum Gasteiger partial charge on any atom is -0.342 e. The van der Waals surface area contributed by atoms with Crippen LogP contribution in [0, 0.1) is 0 Å². The van der Waals surface area contributed by atoms with Gasteiger partial charge in [-0.1, -0.05) is 25.1 Å². The molecule has 0 saturated carbocycles. The number of rotatable bonds is 5. The van der Waals surface area contributed by atoms with Gasteiger partial charge in [0, 0.05) is 58.3 Å². The molecule has 0 aliphatic carbocycles. The van der Waals surface area contributed by atoms with Crippen LogP contribution in [-0.2, 0) is 19.2 Å². The van der Waals surface area contributed by atoms with Crippen LogP contribution in [0.2, 0.25) is 0 Å². The molecule has 3 aliphatic rings. The first kappa shape index (κ1) is 24.0. The molecule has 1 aromatic carbocycles. The van der Waals surface area contributed by atoms with E-state index in [1.807, 2.05) is 42.2 Å². The van der Waals surface area contributed by atoms with E-state index < -0.39 is 5.54 Å². The Hall–Kier alpha value is -3.10. The van der Waals surface area contributed by atoms with E-state index in [0.717, 1.165) is 12.1 Å². The summed E-state index contributed by atoms with van der Waals surface area (Å²) in [7, 11) is 0. The van der Waals surface area contributed by atoms with Crippen LogP contribution >= 0.6 is 0 Å². The third-order valence-electron chi connectivity index (χ3n) is 7.39. The van der Waals surface area contributed by atoms with Gasteiger partial charge in [0.15, 0.2) is 0 Å². The lowest BCUT2D eigenvalue weighted by atomic mass is 9.85. The lowest BCUT2D eigenvalue weighted by molar-refractivity contribution is -0.144. The molecule has 34 heavy (non-hydrogen) atoms. The molecule has 1 spiro atoms. The number of nitrogens with zero attached hydrogens (tertiary/aromatic N) is 5. The SMILES string of the molecule is CCCC(=O)N1CCC2(CC1)C(=O)N(CC(=O)N1CCN(C(C)=O)CC1)CN2c1ccccc1. The first-order valence-corrected chi connectivity index (χ1v) is 12.3. The van der Waals surface area contributed by atoms with E-state index in [4.69, 9.17) is 0 Å². The van der Waals surface area contributed by atoms with Crippen LogP contribution < -0.4 is 4.90 Å². The van der Waals surface area contributed by atoms with E-state index >= 15 is 0 Å². The zero-order chi connectivity index (χ0) is 24.3. The van der Waals surface area contributed by atoms with Crippen molar-refractivity contribution >= 4 is 29.3 Å². The first-order valence-electron chi connectivity index (χ1n) is 12.3. The maximum Gasteiger partial charge on any atom is 0.250 e. The monoisotopic (exact) mass is 469 g/mol. The van der Waals surface area contributed by atoms with Crippen molar-refractivity contribution < 1.29 is 19.2 Å². The summed E-state index contributed by atoms with van der Waals surface area (Å²) in [6.45, 7) is 7.03. The number of likely N-dealkylation sites (tertiary alicyclic amines) is 1. The number of carbonyl (C=O) groups is 4. The van der Waals surface area contributed by atoms with Crippen molar-refractivity contribution in [2.24, 2.45) is 0 Å². The second-order valence-corrected chi connectivity index (χ2v) is 9.46. The fourth-order valence-corrected chi connectivity index (χ4v) is 5.35. The van der Waals surface area contributed by atoms with Crippen molar-refractivity contribution in [3.05, 3.63) is 30.3 Å². The molecule has 0 aromatic heterocycles. The van der Waals surface area contributed by atoms with Gasteiger partial charge in [-0.15, -0.1) is 0 Å². The minimum absolute atomic E-state index is 0.0195. The average Bonchev–Trinajstić information content (AvgIpc) is 3.11. The zero-order valence-electron chi connectivity index (χ0n) is 20.2. The van der Waals surface area contributed by atoms with Gasteiger partial charge >= 0.3 is 0 Å². The number of piperidine rings is 1. The van der Waals surface area contributed by atoms with E-state index in [2.05, 4.69) is 4.90 Å². The van der Waals surface area contributed by atoms with Gasteiger partial charge in [-0.05, 0) is 31.4 Å². The van der Waals surface area contributed by atoms with Crippen LogP contribution in [0.4, 0.5) is 5.69 Å². The number of piperazine rings is 1. The van der Waals surface area contributed by atoms with Crippen molar-refractivity contribution in [2.75, 3.05) is 57.4 Å². The molecule has 0 radical (unpaired) electrons. The van der Waals surface area contributed by atoms with Crippen LogP contribution in [0.15, 0.2) is 30.3 Å². The molecule has 3 saturated heterocycles. The smallest absolute Gasteiger partial charge is 0.250 e. The molecule has 9 nitrogen and oxygen atoms in total. The quantitative estimate of drug-likeness (QED) is 0.646. The number of amides is 4. The number of hydrogen-bond acceptors (Lipinski definition) is 5. The van der Waals surface area contributed by atoms with Crippen LogP contribution in [0.25, 0.3) is 0 Å². The summed E-state index contributed by atoms with van der Waals surface area (Å²) in [6.07, 6.45) is 2.45. The predicted octanol–water partition coefficient (Wildman–Crippen LogP) is 1.14. The summed E-state index contributed by atoms with van der Waals surface area (Å²) in [5.41, 5.74) is 0.215. The van der Waals surface area contributed by atoms with Gasteiger partial charge in [0.25, 0.3) is 5.91 Å². The second-order valence-electron chi connectivity index (χ2n) is 9.46. The van der Waals surface area contributed by atoms with E-state index in [9.17, 15) is 19.2 Å². The van der Waals surface area contributed by atoms with Crippen molar-refractivity contribution in [2.45, 2.75) is 45.1 Å². The van der Waals surface area contributed by atoms with Gasteiger partial charge in [-0.3, -0.25) is 19.2 Å². The van der Waals surface area contributed by atoms with Crippen LogP contribution in [-0.4, -0.2) is 101 Å². The van der Waals surface area contributed by atoms with Crippen molar-refractivity contribution in [3.8, 4) is 0 Å². The Morgan fingerprint density at radius 3 is 2.03 bits per heavy atom. The largest absolute Gasteiger partial charge is 0.342 e. The lowest BCUT2D eigenvalue weighted by Crippen LogP contribution is -2.57. The average molecular weight is 470 g/mol. The highest BCUT2D eigenvalue weighted by molar-refractivity contribution is 5.96. The van der Waals surface area contributed by atoms with E-state index in [-0.39, 0.29) is 30.2 Å². The predicted molar refractivity (Wildman–Crippen MR) is 128 cm³/mol. The zero-order valence-corrected chi connectivity index (χ0v) is 20.2. The highest BCUT2D eigenvalue weighted by Gasteiger charge is 2.54. The van der Waals surface area contributed by atoms with Gasteiger partial charge in [-0.2, -0.15) is 0 Å². The third kappa shape index (κ3) is 4.60. The van der Waals surface area contributed by atoms with Crippen LogP contribution in [0.5, 0.6) is 0 Å². The molecule has 184 valence electrons. The molecule has 0 atom stereocenters. The number of hydrogen-bond donors (Lipinski definition) is 0. The Balaban J connectivity index is 1.48. The highest BCUT2D eigenvalue weighted by Crippen LogP contribution is 2.39. The molecule has 1 aromatic rings. The van der Waals surface area contributed by atoms with Crippen LogP contribution in [0.1, 0.15) is 39.5 Å². The Labute approximate surface area is 201 Å². The maximum absolute atomic E-state index is 13.8. The fourth-order valence-electron chi connectivity index (χ4n) is 5.35. The maximum atomic E-state index is 13.8. The second kappa shape index (κ2) is 10.0. The summed E-state index contributed by atoms with van der Waals surface area (Å²) in [5, 5.41) is 0. The van der Waals surface area contributed by atoms with Gasteiger partial charge in [0.2, 0.25) is 17.7 Å². The summed E-state index contributed by atoms with van der Waals surface area (Å²) in [5.74, 6) is 0.0451. The van der Waals surface area contributed by atoms with E-state index in [1.54, 1.807) is 21.6 Å². The van der Waals surface area contributed by atoms with Crippen LogP contribution in [0.3, 0.4) is 0 Å². The Morgan fingerprint density at radius 2 is 1.44 bits per heavy atom. The topological polar surface area (TPSA) is 84.5 Å². The van der Waals surface area contributed by atoms with Gasteiger partial charge in [0.1, 0.15) is 12.1 Å². The standard InChI is InChI=1S/C25H35N5O4/c1-3-7-22(32)27-12-10-25(11-13-27)24(34)29(19-30(25)21-8-5-4-6-9-21)18-23(33)28-16-14-26(15-17-28)20(2)31/h4-6,8-9H,3,7,10-19H2,1-2H3. The molecule has 9 heteroatoms. The molecule has 4 amide bonds. The Kier molecular flexibility index (Phi) is 7.09. The van der Waals surface area contributed by atoms with Gasteiger partial charge in [0.05, 0.1) is 6.67 Å². The summed E-state index contributed by atoms with van der Waals surface area (Å²) in [4.78, 5) is 60.0. The fraction of sp³-hybridized carbons (Fsp3) is 0.600. The summed E-state index contributed by atoms with van der Waals surface area (Å²) < 4.78 is 0. The molecule has 3 fully saturated rings. The summed E-state index contributed by atoms with van der Waals surface area (Å²) in [6, 6.07) is 9.85. The van der Waals surface area contributed by atoms with Crippen molar-refractivity contribution in [1.29, 1.82) is 0 Å². The van der Waals surface area contributed by atoms with E-state index in [1.165, 1.54) is 0 Å². The van der Waals surface area contributed by atoms with E-state index in [0.29, 0.717) is 65.2 Å². The number of carbonyl (C=O) groups excluding carboxylic acids is 4. The molecular formula is C25H35N5O4. The Bertz CT molecular complexity index is 920. The lowest BCUT2D eigenvalue weighted by Gasteiger charge is -2.43. The molecule has 4 rings (SSSR count). The number of para-hydroxylation sites is 1. The third-order valence-corrected chi connectivity index (χ3v) is 7.39. The first-order chi connectivity index (χ1) is 16.4. The molecule has 0 unspecified atom stereocenters. The molecule has 3 heterocycles. The van der Waals surface area contributed by atoms with Crippen molar-refractivity contribution in [1.82, 2.24) is 19.6 Å². The molecule has 0 bridgehead atoms. The number of benzene rings is 1. The highest BCUT2D eigenvalue weighted by atomic mass is 16.2. The molecular weight excluding hydrogens is 434 g/mol. The normalized spacial score (nSPS) is 20.3. The Morgan fingerprint density at radius 1 is 0.853 bits per heavy atom. The van der Waals surface area contributed by atoms with Gasteiger partial charge in [-0.25, -0.2) is 0 Å². The van der Waals surface area contributed by atoms with Crippen molar-refractivity contribution in [3.63, 3.8) is 0 Å². The molecule has 3 aliphatic heterocycles. The number of anilines is 1. The van der Waals surface area contributed by atoms with Gasteiger partial charge < -0.3 is 24.5 Å².